The van der Waals surface area contributed by atoms with Gasteiger partial charge >= 0.3 is 11.9 Å². The van der Waals surface area contributed by atoms with Crippen LogP contribution in [0.15, 0.2) is 55.0 Å². The van der Waals surface area contributed by atoms with E-state index in [1.54, 1.807) is 19.3 Å². The van der Waals surface area contributed by atoms with E-state index in [2.05, 4.69) is 9.88 Å². The molecule has 7 heteroatoms. The van der Waals surface area contributed by atoms with Crippen LogP contribution >= 0.6 is 0 Å². The zero-order chi connectivity index (χ0) is 21.8. The predicted molar refractivity (Wildman–Crippen MR) is 117 cm³/mol. The minimum absolute atomic E-state index is 0.165. The summed E-state index contributed by atoms with van der Waals surface area (Å²) in [6, 6.07) is 11.5. The Morgan fingerprint density at radius 3 is 2.58 bits per heavy atom. The second-order valence-electron chi connectivity index (χ2n) is 8.10. The van der Waals surface area contributed by atoms with Crippen molar-refractivity contribution in [2.75, 3.05) is 24.6 Å². The Kier molecular flexibility index (Phi) is 5.93. The number of imidazole rings is 1. The lowest BCUT2D eigenvalue weighted by Gasteiger charge is -2.38. The molecule has 0 spiro atoms. The predicted octanol–water partition coefficient (Wildman–Crippen LogP) is 3.86. The van der Waals surface area contributed by atoms with Crippen LogP contribution < -0.4 is 4.90 Å². The number of benzene rings is 1. The number of esters is 2. The van der Waals surface area contributed by atoms with E-state index in [9.17, 15) is 9.59 Å². The van der Waals surface area contributed by atoms with Gasteiger partial charge in [-0.2, -0.15) is 0 Å². The molecule has 1 aliphatic rings. The van der Waals surface area contributed by atoms with E-state index in [4.69, 9.17) is 9.47 Å². The number of carbonyl (C=O) groups excluding carboxylic acids is 2. The smallest absolute Gasteiger partial charge is 0.339 e. The van der Waals surface area contributed by atoms with Crippen LogP contribution in [0.25, 0.3) is 5.65 Å². The summed E-state index contributed by atoms with van der Waals surface area (Å²) in [7, 11) is 0. The standard InChI is InChI=1S/C24H27N3O4/c1-3-30-22(28)19-15-20(21-25-11-14-27(21)16-19)26-12-9-24(2,10-13-26)23(29)31-17-18-7-5-4-6-8-18/h4-8,11,14-16H,3,9-10,12-13,17H2,1-2H3. The van der Waals surface area contributed by atoms with Gasteiger partial charge < -0.3 is 18.8 Å². The second kappa shape index (κ2) is 8.79. The molecule has 0 aliphatic carbocycles. The van der Waals surface area contributed by atoms with E-state index in [-0.39, 0.29) is 18.5 Å². The number of hydrogen-bond donors (Lipinski definition) is 0. The Hall–Kier alpha value is -3.35. The van der Waals surface area contributed by atoms with Gasteiger partial charge in [0.1, 0.15) is 6.61 Å². The van der Waals surface area contributed by atoms with Gasteiger partial charge in [0.05, 0.1) is 23.3 Å². The first-order valence-electron chi connectivity index (χ1n) is 10.6. The fourth-order valence-electron chi connectivity index (χ4n) is 3.92. The Morgan fingerprint density at radius 2 is 1.87 bits per heavy atom. The summed E-state index contributed by atoms with van der Waals surface area (Å²) in [6.45, 7) is 5.71. The summed E-state index contributed by atoms with van der Waals surface area (Å²) < 4.78 is 12.6. The molecule has 0 N–H and O–H groups in total. The van der Waals surface area contributed by atoms with E-state index in [1.165, 1.54) is 0 Å². The number of aromatic nitrogens is 2. The number of rotatable bonds is 6. The lowest BCUT2D eigenvalue weighted by atomic mass is 9.80. The first-order chi connectivity index (χ1) is 15.0. The quantitative estimate of drug-likeness (QED) is 0.563. The van der Waals surface area contributed by atoms with E-state index < -0.39 is 5.41 Å². The average molecular weight is 421 g/mol. The largest absolute Gasteiger partial charge is 0.462 e. The first-order valence-corrected chi connectivity index (χ1v) is 10.6. The summed E-state index contributed by atoms with van der Waals surface area (Å²) in [4.78, 5) is 31.7. The SMILES string of the molecule is CCOC(=O)c1cc(N2CCC(C)(C(=O)OCc3ccccc3)CC2)c2nccn2c1. The minimum atomic E-state index is -0.532. The van der Waals surface area contributed by atoms with Crippen LogP contribution in [0.1, 0.15) is 42.6 Å². The zero-order valence-electron chi connectivity index (χ0n) is 17.9. The summed E-state index contributed by atoms with van der Waals surface area (Å²) in [6.07, 6.45) is 6.59. The Labute approximate surface area is 181 Å². The molecular formula is C24H27N3O4. The molecule has 1 fully saturated rings. The molecule has 162 valence electrons. The lowest BCUT2D eigenvalue weighted by molar-refractivity contribution is -0.157. The molecule has 4 rings (SSSR count). The molecule has 0 bridgehead atoms. The maximum Gasteiger partial charge on any atom is 0.339 e. The van der Waals surface area contributed by atoms with Crippen LogP contribution in [0, 0.1) is 5.41 Å². The van der Waals surface area contributed by atoms with E-state index in [0.717, 1.165) is 16.9 Å². The molecule has 0 amide bonds. The molecule has 1 aliphatic heterocycles. The van der Waals surface area contributed by atoms with Gasteiger partial charge in [0.2, 0.25) is 0 Å². The maximum atomic E-state index is 12.8. The highest BCUT2D eigenvalue weighted by Crippen LogP contribution is 2.36. The highest BCUT2D eigenvalue weighted by molar-refractivity contribution is 5.92. The highest BCUT2D eigenvalue weighted by Gasteiger charge is 2.39. The third-order valence-electron chi connectivity index (χ3n) is 5.89. The zero-order valence-corrected chi connectivity index (χ0v) is 17.9. The normalized spacial score (nSPS) is 15.6. The molecule has 7 nitrogen and oxygen atoms in total. The monoisotopic (exact) mass is 421 g/mol. The minimum Gasteiger partial charge on any atom is -0.462 e. The van der Waals surface area contributed by atoms with Gasteiger partial charge in [-0.15, -0.1) is 0 Å². The molecule has 3 heterocycles. The van der Waals surface area contributed by atoms with Crippen molar-refractivity contribution in [3.8, 4) is 0 Å². The van der Waals surface area contributed by atoms with Crippen molar-refractivity contribution in [1.29, 1.82) is 0 Å². The molecular weight excluding hydrogens is 394 g/mol. The van der Waals surface area contributed by atoms with Crippen LogP contribution in [0.4, 0.5) is 5.69 Å². The topological polar surface area (TPSA) is 73.1 Å². The maximum absolute atomic E-state index is 12.8. The van der Waals surface area contributed by atoms with Crippen LogP contribution in [0.5, 0.6) is 0 Å². The highest BCUT2D eigenvalue weighted by atomic mass is 16.5. The number of fused-ring (bicyclic) bond motifs is 1. The van der Waals surface area contributed by atoms with Crippen LogP contribution in [0.2, 0.25) is 0 Å². The summed E-state index contributed by atoms with van der Waals surface area (Å²) in [5, 5.41) is 0. The van der Waals surface area contributed by atoms with Crippen molar-refractivity contribution in [1.82, 2.24) is 9.38 Å². The van der Waals surface area contributed by atoms with E-state index in [0.29, 0.717) is 38.1 Å². The molecule has 0 unspecified atom stereocenters. The average Bonchev–Trinajstić information content (AvgIpc) is 3.27. The lowest BCUT2D eigenvalue weighted by Crippen LogP contribution is -2.43. The number of pyridine rings is 1. The second-order valence-corrected chi connectivity index (χ2v) is 8.10. The van der Waals surface area contributed by atoms with Crippen LogP contribution in [-0.2, 0) is 20.9 Å². The van der Waals surface area contributed by atoms with Gasteiger partial charge in [-0.1, -0.05) is 30.3 Å². The third-order valence-corrected chi connectivity index (χ3v) is 5.89. The van der Waals surface area contributed by atoms with Gasteiger partial charge in [-0.3, -0.25) is 4.79 Å². The van der Waals surface area contributed by atoms with Gasteiger partial charge in [0.25, 0.3) is 0 Å². The molecule has 3 aromatic rings. The number of hydrogen-bond acceptors (Lipinski definition) is 6. The molecule has 1 aromatic carbocycles. The van der Waals surface area contributed by atoms with E-state index >= 15 is 0 Å². The molecule has 0 saturated carbocycles. The summed E-state index contributed by atoms with van der Waals surface area (Å²) >= 11 is 0. The summed E-state index contributed by atoms with van der Waals surface area (Å²) in [5.41, 5.74) is 2.58. The Balaban J connectivity index is 1.46. The third kappa shape index (κ3) is 4.40. The van der Waals surface area contributed by atoms with Crippen molar-refractivity contribution in [2.45, 2.75) is 33.3 Å². The van der Waals surface area contributed by atoms with Crippen LogP contribution in [-0.4, -0.2) is 41.0 Å². The molecule has 31 heavy (non-hydrogen) atoms. The molecule has 2 aromatic heterocycles. The molecule has 1 saturated heterocycles. The van der Waals surface area contributed by atoms with E-state index in [1.807, 2.05) is 53.9 Å². The Morgan fingerprint density at radius 1 is 1.13 bits per heavy atom. The fraction of sp³-hybridized carbons (Fsp3) is 0.375. The van der Waals surface area contributed by atoms with Gasteiger partial charge in [-0.05, 0) is 38.3 Å². The van der Waals surface area contributed by atoms with Gasteiger partial charge in [0.15, 0.2) is 5.65 Å². The number of carbonyl (C=O) groups is 2. The Bertz CT molecular complexity index is 1070. The van der Waals surface area contributed by atoms with Gasteiger partial charge in [-0.25, -0.2) is 9.78 Å². The number of anilines is 1. The number of ether oxygens (including phenoxy) is 2. The van der Waals surface area contributed by atoms with Crippen molar-refractivity contribution < 1.29 is 19.1 Å². The van der Waals surface area contributed by atoms with Crippen molar-refractivity contribution in [3.63, 3.8) is 0 Å². The van der Waals surface area contributed by atoms with Crippen molar-refractivity contribution >= 4 is 23.3 Å². The summed E-state index contributed by atoms with van der Waals surface area (Å²) in [5.74, 6) is -0.520. The van der Waals surface area contributed by atoms with Crippen molar-refractivity contribution in [3.05, 3.63) is 66.1 Å². The molecule has 0 radical (unpaired) electrons. The fourth-order valence-corrected chi connectivity index (χ4v) is 3.92. The van der Waals surface area contributed by atoms with Crippen molar-refractivity contribution in [2.24, 2.45) is 5.41 Å². The number of nitrogens with zero attached hydrogens (tertiary/aromatic N) is 3. The van der Waals surface area contributed by atoms with Crippen LogP contribution in [0.3, 0.4) is 0 Å². The first kappa shape index (κ1) is 20.9. The molecule has 0 atom stereocenters. The number of piperidine rings is 1. The van der Waals surface area contributed by atoms with Gasteiger partial charge in [0, 0.05) is 31.7 Å².